The molecule has 0 unspecified atom stereocenters. The molecular weight excluding hydrogens is 239 g/mol. The third-order valence-corrected chi connectivity index (χ3v) is 1.90. The highest BCUT2D eigenvalue weighted by molar-refractivity contribution is 5.91. The maximum Gasteiger partial charge on any atom is 0.573 e. The lowest BCUT2D eigenvalue weighted by Crippen LogP contribution is -2.19. The van der Waals surface area contributed by atoms with Gasteiger partial charge < -0.3 is 9.84 Å². The topological polar surface area (TPSA) is 70.3 Å². The summed E-state index contributed by atoms with van der Waals surface area (Å²) < 4.78 is 39.6. The van der Waals surface area contributed by atoms with E-state index >= 15 is 0 Å². The van der Waals surface area contributed by atoms with Crippen molar-refractivity contribution in [2.24, 2.45) is 0 Å². The van der Waals surface area contributed by atoms with Gasteiger partial charge in [-0.25, -0.2) is 4.79 Å². The van der Waals surface area contributed by atoms with E-state index in [2.05, 4.69) is 4.74 Å². The van der Waals surface area contributed by atoms with E-state index in [1.165, 1.54) is 6.92 Å². The van der Waals surface area contributed by atoms with Gasteiger partial charge >= 0.3 is 12.3 Å². The molecule has 0 aromatic heterocycles. The predicted molar refractivity (Wildman–Crippen MR) is 49.5 cm³/mol. The molecule has 0 fully saturated rings. The van der Waals surface area contributed by atoms with Crippen molar-refractivity contribution in [1.82, 2.24) is 0 Å². The van der Waals surface area contributed by atoms with Crippen molar-refractivity contribution in [3.8, 4) is 11.8 Å². The molecule has 0 saturated carbocycles. The van der Waals surface area contributed by atoms with Gasteiger partial charge in [-0.1, -0.05) is 0 Å². The molecule has 90 valence electrons. The number of hydrogen-bond donors (Lipinski definition) is 1. The van der Waals surface area contributed by atoms with Crippen LogP contribution in [0.15, 0.2) is 12.1 Å². The largest absolute Gasteiger partial charge is 0.573 e. The first kappa shape index (κ1) is 12.8. The van der Waals surface area contributed by atoms with Crippen LogP contribution >= 0.6 is 0 Å². The molecule has 0 aliphatic rings. The second-order valence-electron chi connectivity index (χ2n) is 3.13. The third-order valence-electron chi connectivity index (χ3n) is 1.90. The van der Waals surface area contributed by atoms with Gasteiger partial charge in [0.15, 0.2) is 0 Å². The minimum atomic E-state index is -5.01. The predicted octanol–water partition coefficient (Wildman–Crippen LogP) is 2.46. The molecule has 1 N–H and O–H groups in total. The van der Waals surface area contributed by atoms with E-state index in [0.717, 1.165) is 12.1 Å². The van der Waals surface area contributed by atoms with E-state index in [9.17, 15) is 18.0 Å². The summed E-state index contributed by atoms with van der Waals surface area (Å²) in [5, 5.41) is 17.4. The monoisotopic (exact) mass is 245 g/mol. The van der Waals surface area contributed by atoms with Crippen molar-refractivity contribution < 1.29 is 27.8 Å². The lowest BCUT2D eigenvalue weighted by molar-refractivity contribution is -0.274. The summed E-state index contributed by atoms with van der Waals surface area (Å²) in [6.45, 7) is 1.42. The van der Waals surface area contributed by atoms with E-state index in [-0.39, 0.29) is 11.1 Å². The Bertz CT molecular complexity index is 503. The van der Waals surface area contributed by atoms with Crippen molar-refractivity contribution in [3.63, 3.8) is 0 Å². The van der Waals surface area contributed by atoms with Crippen molar-refractivity contribution in [2.45, 2.75) is 13.3 Å². The van der Waals surface area contributed by atoms with Gasteiger partial charge in [-0.15, -0.1) is 13.2 Å². The number of hydrogen-bond acceptors (Lipinski definition) is 3. The molecule has 1 aromatic rings. The second-order valence-corrected chi connectivity index (χ2v) is 3.13. The maximum absolute atomic E-state index is 12.0. The number of ether oxygens (including phenoxy) is 1. The number of carbonyl (C=O) groups is 1. The molecule has 0 amide bonds. The fourth-order valence-electron chi connectivity index (χ4n) is 1.18. The Labute approximate surface area is 93.8 Å². The number of carboxylic acids is 1. The van der Waals surface area contributed by atoms with Gasteiger partial charge in [0.2, 0.25) is 0 Å². The smallest absolute Gasteiger partial charge is 0.478 e. The molecule has 0 radical (unpaired) electrons. The summed E-state index contributed by atoms with van der Waals surface area (Å²) in [6, 6.07) is 3.36. The SMILES string of the molecule is Cc1cc(C(=O)O)c(OC(F)(F)F)cc1C#N. The molecule has 0 saturated heterocycles. The molecule has 1 rings (SSSR count). The Morgan fingerprint density at radius 1 is 1.47 bits per heavy atom. The van der Waals surface area contributed by atoms with Gasteiger partial charge in [-0.2, -0.15) is 5.26 Å². The van der Waals surface area contributed by atoms with E-state index in [1.807, 2.05) is 0 Å². The highest BCUT2D eigenvalue weighted by Crippen LogP contribution is 2.29. The summed E-state index contributed by atoms with van der Waals surface area (Å²) in [6.07, 6.45) is -5.01. The zero-order valence-corrected chi connectivity index (χ0v) is 8.50. The number of aromatic carboxylic acids is 1. The van der Waals surface area contributed by atoms with Crippen molar-refractivity contribution in [1.29, 1.82) is 5.26 Å². The zero-order chi connectivity index (χ0) is 13.2. The molecule has 0 spiro atoms. The number of halogens is 3. The van der Waals surface area contributed by atoms with Crippen LogP contribution in [0.4, 0.5) is 13.2 Å². The number of nitriles is 1. The minimum absolute atomic E-state index is 0.0748. The first-order chi connectivity index (χ1) is 7.74. The zero-order valence-electron chi connectivity index (χ0n) is 8.50. The van der Waals surface area contributed by atoms with Gasteiger partial charge in [0.1, 0.15) is 11.3 Å². The number of rotatable bonds is 2. The number of alkyl halides is 3. The molecule has 0 atom stereocenters. The molecule has 0 bridgehead atoms. The van der Waals surface area contributed by atoms with E-state index < -0.39 is 23.6 Å². The second kappa shape index (κ2) is 4.33. The average Bonchev–Trinajstić information content (AvgIpc) is 2.17. The fraction of sp³-hybridized carbons (Fsp3) is 0.200. The quantitative estimate of drug-likeness (QED) is 0.868. The van der Waals surface area contributed by atoms with Crippen LogP contribution in [0.1, 0.15) is 21.5 Å². The minimum Gasteiger partial charge on any atom is -0.478 e. The van der Waals surface area contributed by atoms with E-state index in [4.69, 9.17) is 10.4 Å². The van der Waals surface area contributed by atoms with Crippen LogP contribution in [0.2, 0.25) is 0 Å². The maximum atomic E-state index is 12.0. The van der Waals surface area contributed by atoms with Gasteiger partial charge in [0.25, 0.3) is 0 Å². The standard InChI is InChI=1S/C10H6F3NO3/c1-5-2-7(9(15)16)8(3-6(5)4-14)17-10(11,12)13/h2-3H,1H3,(H,15,16). The van der Waals surface area contributed by atoms with Crippen LogP contribution in [0.5, 0.6) is 5.75 Å². The Morgan fingerprint density at radius 2 is 2.06 bits per heavy atom. The van der Waals surface area contributed by atoms with E-state index in [0.29, 0.717) is 0 Å². The lowest BCUT2D eigenvalue weighted by atomic mass is 10.0. The number of aryl methyl sites for hydroxylation is 1. The Balaban J connectivity index is 3.35. The van der Waals surface area contributed by atoms with Crippen LogP contribution in [0, 0.1) is 18.3 Å². The molecule has 1 aromatic carbocycles. The van der Waals surface area contributed by atoms with Crippen LogP contribution < -0.4 is 4.74 Å². The Kier molecular flexibility index (Phi) is 3.27. The first-order valence-electron chi connectivity index (χ1n) is 4.28. The Morgan fingerprint density at radius 3 is 2.47 bits per heavy atom. The number of nitrogens with zero attached hydrogens (tertiary/aromatic N) is 1. The summed E-state index contributed by atoms with van der Waals surface area (Å²) in [5.41, 5.74) is -0.451. The van der Waals surface area contributed by atoms with Crippen LogP contribution in [-0.4, -0.2) is 17.4 Å². The fourth-order valence-corrected chi connectivity index (χ4v) is 1.18. The molecule has 4 nitrogen and oxygen atoms in total. The van der Waals surface area contributed by atoms with Gasteiger partial charge in [-0.05, 0) is 24.6 Å². The molecule has 0 heterocycles. The van der Waals surface area contributed by atoms with Gasteiger partial charge in [0, 0.05) is 0 Å². The molecule has 0 aliphatic heterocycles. The average molecular weight is 245 g/mol. The lowest BCUT2D eigenvalue weighted by Gasteiger charge is -2.12. The third kappa shape index (κ3) is 3.11. The summed E-state index contributed by atoms with van der Waals surface area (Å²) in [7, 11) is 0. The Hall–Kier alpha value is -2.23. The van der Waals surface area contributed by atoms with Crippen LogP contribution in [0.25, 0.3) is 0 Å². The molecular formula is C10H6F3NO3. The highest BCUT2D eigenvalue weighted by atomic mass is 19.4. The summed E-state index contributed by atoms with van der Waals surface area (Å²) >= 11 is 0. The van der Waals surface area contributed by atoms with Crippen molar-refractivity contribution in [2.75, 3.05) is 0 Å². The highest BCUT2D eigenvalue weighted by Gasteiger charge is 2.33. The molecule has 7 heteroatoms. The number of carboxylic acid groups (broad SMARTS) is 1. The van der Waals surface area contributed by atoms with Crippen LogP contribution in [0.3, 0.4) is 0 Å². The molecule has 0 aliphatic carbocycles. The first-order valence-corrected chi connectivity index (χ1v) is 4.28. The van der Waals surface area contributed by atoms with Gasteiger partial charge in [0.05, 0.1) is 11.6 Å². The van der Waals surface area contributed by atoms with Crippen molar-refractivity contribution in [3.05, 3.63) is 28.8 Å². The van der Waals surface area contributed by atoms with Crippen LogP contribution in [-0.2, 0) is 0 Å². The number of benzene rings is 1. The summed E-state index contributed by atoms with van der Waals surface area (Å²) in [5.74, 6) is -2.45. The normalized spacial score (nSPS) is 10.8. The van der Waals surface area contributed by atoms with E-state index in [1.54, 1.807) is 6.07 Å². The summed E-state index contributed by atoms with van der Waals surface area (Å²) in [4.78, 5) is 10.7. The molecule has 17 heavy (non-hydrogen) atoms. The van der Waals surface area contributed by atoms with Gasteiger partial charge in [-0.3, -0.25) is 0 Å². The van der Waals surface area contributed by atoms with Crippen molar-refractivity contribution >= 4 is 5.97 Å².